The molecule has 0 N–H and O–H groups in total. The molecule has 17 heavy (non-hydrogen) atoms. The maximum absolute atomic E-state index is 11.1. The highest BCUT2D eigenvalue weighted by molar-refractivity contribution is 6.37. The quantitative estimate of drug-likeness (QED) is 0.614. The summed E-state index contributed by atoms with van der Waals surface area (Å²) in [5, 5.41) is 0.817. The smallest absolute Gasteiger partial charge is 0.344 e. The van der Waals surface area contributed by atoms with Crippen molar-refractivity contribution in [1.29, 1.82) is 0 Å². The summed E-state index contributed by atoms with van der Waals surface area (Å²) in [6.07, 6.45) is 0. The Balaban J connectivity index is 2.70. The van der Waals surface area contributed by atoms with Gasteiger partial charge in [-0.15, -0.1) is 11.6 Å². The Morgan fingerprint density at radius 1 is 1.29 bits per heavy atom. The third kappa shape index (κ3) is 4.26. The van der Waals surface area contributed by atoms with E-state index in [1.165, 1.54) is 0 Å². The molecule has 0 aliphatic rings. The van der Waals surface area contributed by atoms with E-state index in [1.54, 1.807) is 19.1 Å². The van der Waals surface area contributed by atoms with Crippen molar-refractivity contribution < 1.29 is 14.3 Å². The Morgan fingerprint density at radius 2 is 1.88 bits per heavy atom. The van der Waals surface area contributed by atoms with E-state index in [0.717, 1.165) is 0 Å². The number of carbonyl (C=O) groups is 1. The summed E-state index contributed by atoms with van der Waals surface area (Å²) in [5.41, 5.74) is 0.637. The summed E-state index contributed by atoms with van der Waals surface area (Å²) < 4.78 is 9.91. The van der Waals surface area contributed by atoms with Gasteiger partial charge in [0, 0.05) is 5.56 Å². The van der Waals surface area contributed by atoms with Crippen LogP contribution in [0.5, 0.6) is 5.75 Å². The number of carbonyl (C=O) groups excluding carboxylic acids is 1. The van der Waals surface area contributed by atoms with Crippen LogP contribution >= 0.6 is 34.8 Å². The van der Waals surface area contributed by atoms with Crippen LogP contribution in [0.25, 0.3) is 0 Å². The van der Waals surface area contributed by atoms with Crippen LogP contribution in [-0.2, 0) is 15.4 Å². The van der Waals surface area contributed by atoms with Gasteiger partial charge in [0.25, 0.3) is 0 Å². The normalized spacial score (nSPS) is 10.1. The average Bonchev–Trinajstić information content (AvgIpc) is 2.26. The van der Waals surface area contributed by atoms with Gasteiger partial charge in [-0.3, -0.25) is 0 Å². The molecule has 0 aliphatic heterocycles. The molecule has 0 spiro atoms. The maximum atomic E-state index is 11.1. The Labute approximate surface area is 115 Å². The molecule has 0 aromatic heterocycles. The first-order valence-corrected chi connectivity index (χ1v) is 6.19. The first-order chi connectivity index (χ1) is 8.08. The van der Waals surface area contributed by atoms with Crippen LogP contribution in [0.15, 0.2) is 12.1 Å². The maximum Gasteiger partial charge on any atom is 0.344 e. The van der Waals surface area contributed by atoms with E-state index in [1.807, 2.05) is 0 Å². The molecule has 0 atom stereocenters. The molecular weight excluding hydrogens is 286 g/mol. The molecule has 0 unspecified atom stereocenters. The van der Waals surface area contributed by atoms with Crippen molar-refractivity contribution in [1.82, 2.24) is 0 Å². The van der Waals surface area contributed by atoms with E-state index in [9.17, 15) is 4.79 Å². The van der Waals surface area contributed by atoms with Crippen LogP contribution in [0.3, 0.4) is 0 Å². The third-order valence-electron chi connectivity index (χ3n) is 1.91. The van der Waals surface area contributed by atoms with E-state index < -0.39 is 5.97 Å². The van der Waals surface area contributed by atoms with Crippen molar-refractivity contribution in [3.8, 4) is 5.75 Å². The first kappa shape index (κ1) is 14.4. The van der Waals surface area contributed by atoms with E-state index in [2.05, 4.69) is 0 Å². The zero-order valence-electron chi connectivity index (χ0n) is 9.13. The van der Waals surface area contributed by atoms with Gasteiger partial charge in [0.2, 0.25) is 0 Å². The van der Waals surface area contributed by atoms with Crippen molar-refractivity contribution in [2.45, 2.75) is 12.8 Å². The van der Waals surface area contributed by atoms with Crippen LogP contribution in [-0.4, -0.2) is 19.2 Å². The van der Waals surface area contributed by atoms with Gasteiger partial charge in [-0.2, -0.15) is 0 Å². The lowest BCUT2D eigenvalue weighted by Crippen LogP contribution is -2.14. The van der Waals surface area contributed by atoms with Crippen LogP contribution in [0.2, 0.25) is 10.0 Å². The number of rotatable bonds is 5. The highest BCUT2D eigenvalue weighted by atomic mass is 35.5. The van der Waals surface area contributed by atoms with E-state index in [0.29, 0.717) is 28.0 Å². The molecule has 0 radical (unpaired) electrons. The predicted octanol–water partition coefficient (Wildman–Crippen LogP) is 3.67. The van der Waals surface area contributed by atoms with Gasteiger partial charge in [-0.05, 0) is 19.1 Å². The number of hydrogen-bond acceptors (Lipinski definition) is 3. The van der Waals surface area contributed by atoms with Crippen molar-refractivity contribution in [2.24, 2.45) is 0 Å². The lowest BCUT2D eigenvalue weighted by molar-refractivity contribution is -0.145. The van der Waals surface area contributed by atoms with Crippen molar-refractivity contribution in [3.63, 3.8) is 0 Å². The molecule has 3 nitrogen and oxygen atoms in total. The molecule has 0 bridgehead atoms. The van der Waals surface area contributed by atoms with Crippen LogP contribution < -0.4 is 4.74 Å². The van der Waals surface area contributed by atoms with E-state index in [-0.39, 0.29) is 12.5 Å². The number of hydrogen-bond donors (Lipinski definition) is 0. The largest absolute Gasteiger partial charge is 0.482 e. The van der Waals surface area contributed by atoms with Gasteiger partial charge in [-0.1, -0.05) is 23.2 Å². The van der Waals surface area contributed by atoms with Crippen LogP contribution in [0.1, 0.15) is 12.5 Å². The highest BCUT2D eigenvalue weighted by Crippen LogP contribution is 2.31. The molecule has 6 heteroatoms. The number of benzene rings is 1. The molecule has 1 aromatic carbocycles. The molecule has 0 fully saturated rings. The Kier molecular flexibility index (Phi) is 5.89. The Bertz CT molecular complexity index is 384. The Hall–Kier alpha value is -0.640. The zero-order chi connectivity index (χ0) is 12.8. The summed E-state index contributed by atoms with van der Waals surface area (Å²) in [4.78, 5) is 11.1. The van der Waals surface area contributed by atoms with E-state index in [4.69, 9.17) is 44.3 Å². The number of ether oxygens (including phenoxy) is 2. The minimum Gasteiger partial charge on any atom is -0.482 e. The Morgan fingerprint density at radius 3 is 2.35 bits per heavy atom. The van der Waals surface area contributed by atoms with Crippen LogP contribution in [0, 0.1) is 0 Å². The molecule has 0 amide bonds. The first-order valence-electron chi connectivity index (χ1n) is 4.90. The fourth-order valence-corrected chi connectivity index (χ4v) is 2.16. The predicted molar refractivity (Wildman–Crippen MR) is 68.1 cm³/mol. The molecule has 0 saturated carbocycles. The lowest BCUT2D eigenvalue weighted by atomic mass is 10.2. The number of halogens is 3. The summed E-state index contributed by atoms with van der Waals surface area (Å²) in [6, 6.07) is 3.12. The second kappa shape index (κ2) is 6.94. The molecule has 0 saturated heterocycles. The fourth-order valence-electron chi connectivity index (χ4n) is 1.14. The molecular formula is C11H11Cl3O3. The lowest BCUT2D eigenvalue weighted by Gasteiger charge is -2.09. The van der Waals surface area contributed by atoms with Crippen molar-refractivity contribution >= 4 is 40.8 Å². The van der Waals surface area contributed by atoms with Crippen LogP contribution in [0.4, 0.5) is 0 Å². The molecule has 0 aliphatic carbocycles. The van der Waals surface area contributed by atoms with Gasteiger partial charge in [-0.25, -0.2) is 4.79 Å². The zero-order valence-corrected chi connectivity index (χ0v) is 11.4. The second-order valence-electron chi connectivity index (χ2n) is 3.09. The van der Waals surface area contributed by atoms with Gasteiger partial charge in [0.1, 0.15) is 5.75 Å². The topological polar surface area (TPSA) is 35.5 Å². The average molecular weight is 298 g/mol. The standard InChI is InChI=1S/C11H11Cl3O3/c1-2-16-11(15)6-17-7-3-9(13)8(5-12)10(14)4-7/h3-4H,2,5-6H2,1H3. The SMILES string of the molecule is CCOC(=O)COc1cc(Cl)c(CCl)c(Cl)c1. The van der Waals surface area contributed by atoms with Gasteiger partial charge < -0.3 is 9.47 Å². The molecule has 1 rings (SSSR count). The van der Waals surface area contributed by atoms with Gasteiger partial charge in [0.05, 0.1) is 22.5 Å². The molecule has 94 valence electrons. The van der Waals surface area contributed by atoms with Crippen molar-refractivity contribution in [2.75, 3.05) is 13.2 Å². The van der Waals surface area contributed by atoms with Gasteiger partial charge in [0.15, 0.2) is 6.61 Å². The molecule has 1 aromatic rings. The third-order valence-corrected chi connectivity index (χ3v) is 2.85. The summed E-state index contributed by atoms with van der Waals surface area (Å²) in [6.45, 7) is 1.86. The van der Waals surface area contributed by atoms with Crippen molar-refractivity contribution in [3.05, 3.63) is 27.7 Å². The van der Waals surface area contributed by atoms with E-state index >= 15 is 0 Å². The molecule has 0 heterocycles. The second-order valence-corrected chi connectivity index (χ2v) is 4.17. The monoisotopic (exact) mass is 296 g/mol. The minimum absolute atomic E-state index is 0.180. The number of alkyl halides is 1. The van der Waals surface area contributed by atoms with Gasteiger partial charge >= 0.3 is 5.97 Å². The summed E-state index contributed by atoms with van der Waals surface area (Å²) in [7, 11) is 0. The summed E-state index contributed by atoms with van der Waals surface area (Å²) >= 11 is 17.6. The fraction of sp³-hybridized carbons (Fsp3) is 0.364. The summed E-state index contributed by atoms with van der Waals surface area (Å²) in [5.74, 6) is 0.179. The highest BCUT2D eigenvalue weighted by Gasteiger charge is 2.09. The number of esters is 1. The minimum atomic E-state index is -0.443.